The summed E-state index contributed by atoms with van der Waals surface area (Å²) >= 11 is 0.971. The summed E-state index contributed by atoms with van der Waals surface area (Å²) in [5, 5.41) is -0.226. The molecule has 0 saturated carbocycles. The zero-order chi connectivity index (χ0) is 14.5. The van der Waals surface area contributed by atoms with E-state index in [1.807, 2.05) is 31.2 Å². The Labute approximate surface area is 121 Å². The zero-order valence-corrected chi connectivity index (χ0v) is 12.1. The fraction of sp³-hybridized carbons (Fsp3) is 0.286. The quantitative estimate of drug-likeness (QED) is 0.832. The van der Waals surface area contributed by atoms with Gasteiger partial charge in [0.15, 0.2) is 0 Å². The minimum absolute atomic E-state index is 0.226. The molecule has 0 aliphatic carbocycles. The molecule has 2 amide bonds. The first-order valence-corrected chi connectivity index (χ1v) is 7.25. The Morgan fingerprint density at radius 3 is 2.60 bits per heavy atom. The van der Waals surface area contributed by atoms with Gasteiger partial charge >= 0.3 is 0 Å². The van der Waals surface area contributed by atoms with Crippen molar-refractivity contribution in [3.05, 3.63) is 34.7 Å². The highest BCUT2D eigenvalue weighted by molar-refractivity contribution is 8.18. The van der Waals surface area contributed by atoms with E-state index in [0.717, 1.165) is 23.1 Å². The lowest BCUT2D eigenvalue weighted by Crippen LogP contribution is -2.55. The number of quaternary nitrogens is 1. The fourth-order valence-electron chi connectivity index (χ4n) is 1.83. The fourth-order valence-corrected chi connectivity index (χ4v) is 2.69. The molecule has 1 aromatic carbocycles. The van der Waals surface area contributed by atoms with Gasteiger partial charge in [0.1, 0.15) is 5.75 Å². The first kappa shape index (κ1) is 14.6. The van der Waals surface area contributed by atoms with E-state index in [0.29, 0.717) is 24.6 Å². The molecule has 0 aromatic heterocycles. The molecule has 1 aliphatic rings. The smallest absolute Gasteiger partial charge is 0.293 e. The number of hydrogen-bond donors (Lipinski definition) is 1. The lowest BCUT2D eigenvalue weighted by molar-refractivity contribution is -0.367. The molecule has 1 aromatic rings. The van der Waals surface area contributed by atoms with E-state index in [4.69, 9.17) is 4.74 Å². The van der Waals surface area contributed by atoms with Crippen LogP contribution >= 0.6 is 11.8 Å². The Kier molecular flexibility index (Phi) is 4.81. The highest BCUT2D eigenvalue weighted by Crippen LogP contribution is 2.31. The summed E-state index contributed by atoms with van der Waals surface area (Å²) in [6.07, 6.45) is 1.73. The summed E-state index contributed by atoms with van der Waals surface area (Å²) in [5.74, 6) is 0.548. The molecule has 5 nitrogen and oxygen atoms in total. The summed E-state index contributed by atoms with van der Waals surface area (Å²) in [4.78, 5) is 25.4. The molecule has 0 spiro atoms. The highest BCUT2D eigenvalue weighted by atomic mass is 32.2. The van der Waals surface area contributed by atoms with Gasteiger partial charge in [-0.2, -0.15) is 0 Å². The second-order valence-corrected chi connectivity index (χ2v) is 5.18. The number of ether oxygens (including phenoxy) is 1. The number of rotatable bonds is 5. The lowest BCUT2D eigenvalue weighted by atomic mass is 10.2. The minimum atomic E-state index is -0.238. The molecule has 0 bridgehead atoms. The Morgan fingerprint density at radius 2 is 2.00 bits per heavy atom. The van der Waals surface area contributed by atoms with Crippen LogP contribution in [-0.2, 0) is 4.79 Å². The number of hydrogen-bond acceptors (Lipinski definition) is 4. The van der Waals surface area contributed by atoms with Gasteiger partial charge in [0.2, 0.25) is 0 Å². The highest BCUT2D eigenvalue weighted by Gasteiger charge is 2.34. The van der Waals surface area contributed by atoms with Gasteiger partial charge in [-0.05, 0) is 42.5 Å². The first-order valence-electron chi connectivity index (χ1n) is 6.43. The molecule has 20 heavy (non-hydrogen) atoms. The van der Waals surface area contributed by atoms with Crippen LogP contribution in [0.2, 0.25) is 0 Å². The van der Waals surface area contributed by atoms with E-state index in [2.05, 4.69) is 5.73 Å². The molecule has 6 heteroatoms. The van der Waals surface area contributed by atoms with Crippen LogP contribution in [0, 0.1) is 0 Å². The maximum atomic E-state index is 12.0. The van der Waals surface area contributed by atoms with Crippen molar-refractivity contribution in [1.29, 1.82) is 0 Å². The van der Waals surface area contributed by atoms with E-state index >= 15 is 0 Å². The largest absolute Gasteiger partial charge is 0.494 e. The van der Waals surface area contributed by atoms with Gasteiger partial charge in [-0.1, -0.05) is 12.1 Å². The van der Waals surface area contributed by atoms with Crippen molar-refractivity contribution in [3.63, 3.8) is 0 Å². The van der Waals surface area contributed by atoms with Crippen molar-refractivity contribution >= 4 is 29.0 Å². The number of benzene rings is 1. The van der Waals surface area contributed by atoms with Gasteiger partial charge in [0.25, 0.3) is 11.1 Å². The monoisotopic (exact) mass is 293 g/mol. The predicted molar refractivity (Wildman–Crippen MR) is 78.0 cm³/mol. The van der Waals surface area contributed by atoms with Gasteiger partial charge < -0.3 is 10.5 Å². The average Bonchev–Trinajstić information content (AvgIpc) is 2.69. The van der Waals surface area contributed by atoms with E-state index in [9.17, 15) is 9.59 Å². The van der Waals surface area contributed by atoms with Crippen molar-refractivity contribution in [2.75, 3.05) is 19.7 Å². The summed E-state index contributed by atoms with van der Waals surface area (Å²) < 4.78 is 5.36. The average molecular weight is 293 g/mol. The molecular formula is C14H17N2O3S+. The van der Waals surface area contributed by atoms with Crippen LogP contribution in [0.3, 0.4) is 0 Å². The predicted octanol–water partition coefficient (Wildman–Crippen LogP) is 1.36. The molecular weight excluding hydrogens is 276 g/mol. The molecule has 0 unspecified atom stereocenters. The molecule has 1 aliphatic heterocycles. The second kappa shape index (κ2) is 6.58. The SMILES string of the molecule is CCOc1ccc(/C=C2\SC(=O)N(CC[NH3+])C2=O)cc1. The van der Waals surface area contributed by atoms with Gasteiger partial charge in [-0.15, -0.1) is 0 Å². The molecule has 3 N–H and O–H groups in total. The van der Waals surface area contributed by atoms with Gasteiger partial charge in [0, 0.05) is 0 Å². The van der Waals surface area contributed by atoms with Crippen molar-refractivity contribution in [3.8, 4) is 5.75 Å². The molecule has 106 valence electrons. The van der Waals surface area contributed by atoms with Crippen molar-refractivity contribution < 1.29 is 20.1 Å². The van der Waals surface area contributed by atoms with Gasteiger partial charge in [-0.3, -0.25) is 14.5 Å². The van der Waals surface area contributed by atoms with Crippen LogP contribution in [0.15, 0.2) is 29.2 Å². The number of carbonyl (C=O) groups is 2. The van der Waals surface area contributed by atoms with Gasteiger partial charge in [-0.25, -0.2) is 0 Å². The topological polar surface area (TPSA) is 74.2 Å². The van der Waals surface area contributed by atoms with Crippen LogP contribution in [-0.4, -0.2) is 35.7 Å². The summed E-state index contributed by atoms with van der Waals surface area (Å²) in [7, 11) is 0. The second-order valence-electron chi connectivity index (χ2n) is 4.19. The Hall–Kier alpha value is -1.79. The number of thioether (sulfide) groups is 1. The maximum Gasteiger partial charge on any atom is 0.293 e. The third-order valence-corrected chi connectivity index (χ3v) is 3.65. The van der Waals surface area contributed by atoms with Crippen LogP contribution in [0.25, 0.3) is 6.08 Å². The minimum Gasteiger partial charge on any atom is -0.494 e. The first-order chi connectivity index (χ1) is 9.65. The molecule has 1 fully saturated rings. The van der Waals surface area contributed by atoms with Crippen LogP contribution in [0.1, 0.15) is 12.5 Å². The van der Waals surface area contributed by atoms with Gasteiger partial charge in [0.05, 0.1) is 24.6 Å². The van der Waals surface area contributed by atoms with E-state index in [-0.39, 0.29) is 11.1 Å². The Bertz CT molecular complexity index is 540. The standard InChI is InChI=1S/C14H16N2O3S/c1-2-19-11-5-3-10(4-6-11)9-12-13(17)16(8-7-15)14(18)20-12/h3-6,9H,2,7-8,15H2,1H3/p+1/b12-9-. The maximum absolute atomic E-state index is 12.0. The number of nitrogens with zero attached hydrogens (tertiary/aromatic N) is 1. The molecule has 1 saturated heterocycles. The lowest BCUT2D eigenvalue weighted by Gasteiger charge is -2.08. The normalized spacial score (nSPS) is 17.1. The van der Waals surface area contributed by atoms with Crippen LogP contribution in [0.5, 0.6) is 5.75 Å². The van der Waals surface area contributed by atoms with Crippen molar-refractivity contribution in [1.82, 2.24) is 4.90 Å². The molecule has 0 radical (unpaired) electrons. The van der Waals surface area contributed by atoms with E-state index in [1.165, 1.54) is 4.90 Å². The van der Waals surface area contributed by atoms with Crippen molar-refractivity contribution in [2.45, 2.75) is 6.92 Å². The number of amides is 2. The summed E-state index contributed by atoms with van der Waals surface area (Å²) in [5.41, 5.74) is 4.53. The van der Waals surface area contributed by atoms with Crippen LogP contribution in [0.4, 0.5) is 4.79 Å². The Morgan fingerprint density at radius 1 is 1.30 bits per heavy atom. The third kappa shape index (κ3) is 3.20. The van der Waals surface area contributed by atoms with Crippen LogP contribution < -0.4 is 10.5 Å². The number of carbonyl (C=O) groups excluding carboxylic acids is 2. The number of imide groups is 1. The van der Waals surface area contributed by atoms with E-state index < -0.39 is 0 Å². The molecule has 1 heterocycles. The zero-order valence-electron chi connectivity index (χ0n) is 11.3. The Balaban J connectivity index is 2.15. The van der Waals surface area contributed by atoms with Crippen molar-refractivity contribution in [2.24, 2.45) is 0 Å². The van der Waals surface area contributed by atoms with E-state index in [1.54, 1.807) is 6.08 Å². The summed E-state index contributed by atoms with van der Waals surface area (Å²) in [6, 6.07) is 7.41. The molecule has 2 rings (SSSR count). The molecule has 0 atom stereocenters. The summed E-state index contributed by atoms with van der Waals surface area (Å²) in [6.45, 7) is 3.43. The third-order valence-electron chi connectivity index (χ3n) is 2.74.